The maximum atomic E-state index is 12.6. The Balaban J connectivity index is 1.84. The standard InChI is InChI=1S/C20H21N3O4/c1-25-16-9-5-4-8-15(16)20(24)22-18-11-12-21-23(18)13-14-7-6-10-17(26-2)19(14)27-3/h4-12H,13H2,1-3H3,(H,22,24). The van der Waals surface area contributed by atoms with Crippen LogP contribution >= 0.6 is 0 Å². The molecular formula is C20H21N3O4. The van der Waals surface area contributed by atoms with E-state index in [2.05, 4.69) is 10.4 Å². The van der Waals surface area contributed by atoms with E-state index in [9.17, 15) is 4.79 Å². The highest BCUT2D eigenvalue weighted by Gasteiger charge is 2.16. The number of aromatic nitrogens is 2. The van der Waals surface area contributed by atoms with Crippen molar-refractivity contribution in [2.45, 2.75) is 6.54 Å². The van der Waals surface area contributed by atoms with Crippen molar-refractivity contribution in [3.63, 3.8) is 0 Å². The number of hydrogen-bond donors (Lipinski definition) is 1. The number of carbonyl (C=O) groups excluding carboxylic acids is 1. The summed E-state index contributed by atoms with van der Waals surface area (Å²) < 4.78 is 17.7. The fourth-order valence-electron chi connectivity index (χ4n) is 2.82. The van der Waals surface area contributed by atoms with E-state index in [1.165, 1.54) is 7.11 Å². The number of para-hydroxylation sites is 2. The van der Waals surface area contributed by atoms with Gasteiger partial charge in [0.25, 0.3) is 5.91 Å². The molecule has 0 spiro atoms. The molecule has 0 unspecified atom stereocenters. The highest BCUT2D eigenvalue weighted by atomic mass is 16.5. The molecule has 2 aromatic carbocycles. The Bertz CT molecular complexity index is 936. The third kappa shape index (κ3) is 3.87. The summed E-state index contributed by atoms with van der Waals surface area (Å²) in [4.78, 5) is 12.6. The molecule has 0 aliphatic heterocycles. The minimum Gasteiger partial charge on any atom is -0.496 e. The van der Waals surface area contributed by atoms with Gasteiger partial charge in [-0.15, -0.1) is 0 Å². The predicted octanol–water partition coefficient (Wildman–Crippen LogP) is 3.21. The van der Waals surface area contributed by atoms with E-state index < -0.39 is 0 Å². The van der Waals surface area contributed by atoms with Crippen molar-refractivity contribution in [2.24, 2.45) is 0 Å². The topological polar surface area (TPSA) is 74.6 Å². The number of carbonyl (C=O) groups is 1. The first kappa shape index (κ1) is 18.3. The molecule has 1 heterocycles. The molecule has 0 saturated carbocycles. The zero-order valence-electron chi connectivity index (χ0n) is 15.4. The lowest BCUT2D eigenvalue weighted by molar-refractivity contribution is 0.102. The summed E-state index contributed by atoms with van der Waals surface area (Å²) in [5.41, 5.74) is 1.33. The van der Waals surface area contributed by atoms with Gasteiger partial charge in [0.2, 0.25) is 0 Å². The van der Waals surface area contributed by atoms with E-state index in [0.717, 1.165) is 5.56 Å². The molecule has 0 fully saturated rings. The summed E-state index contributed by atoms with van der Waals surface area (Å²) in [6.07, 6.45) is 1.63. The van der Waals surface area contributed by atoms with Gasteiger partial charge in [-0.05, 0) is 18.2 Å². The SMILES string of the molecule is COc1ccccc1C(=O)Nc1ccnn1Cc1cccc(OC)c1OC. The smallest absolute Gasteiger partial charge is 0.260 e. The van der Waals surface area contributed by atoms with Crippen molar-refractivity contribution in [3.8, 4) is 17.2 Å². The maximum absolute atomic E-state index is 12.6. The zero-order chi connectivity index (χ0) is 19.2. The van der Waals surface area contributed by atoms with Crippen molar-refractivity contribution in [3.05, 3.63) is 65.9 Å². The number of ether oxygens (including phenoxy) is 3. The van der Waals surface area contributed by atoms with Crippen LogP contribution in [0.1, 0.15) is 15.9 Å². The number of nitrogens with one attached hydrogen (secondary N) is 1. The van der Waals surface area contributed by atoms with Gasteiger partial charge in [0, 0.05) is 11.6 Å². The van der Waals surface area contributed by atoms with Crippen LogP contribution in [0.2, 0.25) is 0 Å². The van der Waals surface area contributed by atoms with Crippen LogP contribution in [0.25, 0.3) is 0 Å². The van der Waals surface area contributed by atoms with E-state index >= 15 is 0 Å². The van der Waals surface area contributed by atoms with Gasteiger partial charge in [-0.2, -0.15) is 5.10 Å². The summed E-state index contributed by atoms with van der Waals surface area (Å²) in [5.74, 6) is 2.08. The average molecular weight is 367 g/mol. The second kappa shape index (κ2) is 8.27. The number of nitrogens with zero attached hydrogens (tertiary/aromatic N) is 2. The Labute approximate surface area is 157 Å². The van der Waals surface area contributed by atoms with Crippen molar-refractivity contribution >= 4 is 11.7 Å². The van der Waals surface area contributed by atoms with Crippen molar-refractivity contribution in [1.82, 2.24) is 9.78 Å². The molecule has 3 aromatic rings. The summed E-state index contributed by atoms with van der Waals surface area (Å²) in [6, 6.07) is 14.4. The molecule has 0 atom stereocenters. The normalized spacial score (nSPS) is 10.3. The minimum absolute atomic E-state index is 0.271. The molecule has 0 aliphatic rings. The molecule has 0 radical (unpaired) electrons. The van der Waals surface area contributed by atoms with E-state index in [1.54, 1.807) is 49.4 Å². The monoisotopic (exact) mass is 367 g/mol. The van der Waals surface area contributed by atoms with Crippen LogP contribution in [0, 0.1) is 0 Å². The third-order valence-electron chi connectivity index (χ3n) is 4.11. The quantitative estimate of drug-likeness (QED) is 0.694. The lowest BCUT2D eigenvalue weighted by Gasteiger charge is -2.14. The first-order valence-electron chi connectivity index (χ1n) is 8.34. The van der Waals surface area contributed by atoms with E-state index in [4.69, 9.17) is 14.2 Å². The zero-order valence-corrected chi connectivity index (χ0v) is 15.4. The number of methoxy groups -OCH3 is 3. The van der Waals surface area contributed by atoms with Crippen LogP contribution in [0.4, 0.5) is 5.82 Å². The van der Waals surface area contributed by atoms with Crippen LogP contribution < -0.4 is 19.5 Å². The number of benzene rings is 2. The van der Waals surface area contributed by atoms with Crippen LogP contribution in [0.3, 0.4) is 0 Å². The predicted molar refractivity (Wildman–Crippen MR) is 102 cm³/mol. The summed E-state index contributed by atoms with van der Waals surface area (Å²) >= 11 is 0. The van der Waals surface area contributed by atoms with Gasteiger partial charge in [0.15, 0.2) is 11.5 Å². The van der Waals surface area contributed by atoms with Crippen LogP contribution in [-0.2, 0) is 6.54 Å². The van der Waals surface area contributed by atoms with Crippen molar-refractivity contribution in [1.29, 1.82) is 0 Å². The van der Waals surface area contributed by atoms with Crippen LogP contribution in [0.5, 0.6) is 17.2 Å². The molecule has 0 aliphatic carbocycles. The first-order valence-corrected chi connectivity index (χ1v) is 8.34. The highest BCUT2D eigenvalue weighted by molar-refractivity contribution is 6.05. The molecule has 7 heteroatoms. The second-order valence-corrected chi connectivity index (χ2v) is 5.68. The molecular weight excluding hydrogens is 346 g/mol. The summed E-state index contributed by atoms with van der Waals surface area (Å²) in [6.45, 7) is 0.412. The minimum atomic E-state index is -0.271. The van der Waals surface area contributed by atoms with Crippen molar-refractivity contribution in [2.75, 3.05) is 26.6 Å². The molecule has 3 rings (SSSR count). The van der Waals surface area contributed by atoms with Crippen LogP contribution in [0.15, 0.2) is 54.7 Å². The van der Waals surface area contributed by atoms with E-state index in [0.29, 0.717) is 35.2 Å². The lowest BCUT2D eigenvalue weighted by Crippen LogP contribution is -2.17. The molecule has 0 saturated heterocycles. The van der Waals surface area contributed by atoms with Crippen LogP contribution in [-0.4, -0.2) is 37.0 Å². The van der Waals surface area contributed by atoms with Crippen molar-refractivity contribution < 1.29 is 19.0 Å². The molecule has 27 heavy (non-hydrogen) atoms. The molecule has 1 amide bonds. The van der Waals surface area contributed by atoms with Gasteiger partial charge in [-0.1, -0.05) is 24.3 Å². The van der Waals surface area contributed by atoms with E-state index in [1.807, 2.05) is 24.3 Å². The van der Waals surface area contributed by atoms with E-state index in [-0.39, 0.29) is 5.91 Å². The molecule has 0 bridgehead atoms. The highest BCUT2D eigenvalue weighted by Crippen LogP contribution is 2.31. The summed E-state index contributed by atoms with van der Waals surface area (Å²) in [5, 5.41) is 7.18. The van der Waals surface area contributed by atoms with Gasteiger partial charge < -0.3 is 19.5 Å². The lowest BCUT2D eigenvalue weighted by atomic mass is 10.2. The second-order valence-electron chi connectivity index (χ2n) is 5.68. The van der Waals surface area contributed by atoms with Gasteiger partial charge in [-0.3, -0.25) is 4.79 Å². The maximum Gasteiger partial charge on any atom is 0.260 e. The number of anilines is 1. The Hall–Kier alpha value is -3.48. The fourth-order valence-corrected chi connectivity index (χ4v) is 2.82. The van der Waals surface area contributed by atoms with Gasteiger partial charge in [0.1, 0.15) is 11.6 Å². The molecule has 1 aromatic heterocycles. The fraction of sp³-hybridized carbons (Fsp3) is 0.200. The number of amides is 1. The van der Waals surface area contributed by atoms with Gasteiger partial charge in [-0.25, -0.2) is 4.68 Å². The van der Waals surface area contributed by atoms with Gasteiger partial charge >= 0.3 is 0 Å². The number of rotatable bonds is 7. The Morgan fingerprint density at radius 2 is 1.70 bits per heavy atom. The number of hydrogen-bond acceptors (Lipinski definition) is 5. The molecule has 140 valence electrons. The van der Waals surface area contributed by atoms with Gasteiger partial charge in [0.05, 0.1) is 39.6 Å². The largest absolute Gasteiger partial charge is 0.496 e. The average Bonchev–Trinajstić information content (AvgIpc) is 3.14. The Morgan fingerprint density at radius 3 is 2.44 bits per heavy atom. The third-order valence-corrected chi connectivity index (χ3v) is 4.11. The Morgan fingerprint density at radius 1 is 0.963 bits per heavy atom. The molecule has 7 nitrogen and oxygen atoms in total. The summed E-state index contributed by atoms with van der Waals surface area (Å²) in [7, 11) is 4.72. The Kier molecular flexibility index (Phi) is 5.61. The first-order chi connectivity index (χ1) is 13.2. The molecule has 1 N–H and O–H groups in total.